The Morgan fingerprint density at radius 3 is 2.35 bits per heavy atom. The normalized spacial score (nSPS) is 15.5. The molecule has 0 bridgehead atoms. The maximum atomic E-state index is 9.64. The third-order valence-electron chi connectivity index (χ3n) is 3.56. The summed E-state index contributed by atoms with van der Waals surface area (Å²) in [6.07, 6.45) is 6.58. The summed E-state index contributed by atoms with van der Waals surface area (Å²) in [6, 6.07) is 0. The number of hydrogen-bond acceptors (Lipinski definition) is 2. The average Bonchev–Trinajstić information content (AvgIpc) is 2.20. The van der Waals surface area contributed by atoms with Gasteiger partial charge in [-0.05, 0) is 24.6 Å². The van der Waals surface area contributed by atoms with Gasteiger partial charge in [0, 0.05) is 0 Å². The molecule has 1 atom stereocenters. The van der Waals surface area contributed by atoms with Crippen molar-refractivity contribution in [1.29, 1.82) is 0 Å². The molecule has 0 saturated carbocycles. The van der Waals surface area contributed by atoms with Crippen molar-refractivity contribution in [2.45, 2.75) is 71.2 Å². The summed E-state index contributed by atoms with van der Waals surface area (Å²) in [7, 11) is -1.64. The lowest BCUT2D eigenvalue weighted by atomic mass is 10.1. The van der Waals surface area contributed by atoms with Crippen LogP contribution in [0.2, 0.25) is 18.1 Å². The van der Waals surface area contributed by atoms with E-state index in [4.69, 9.17) is 4.43 Å². The van der Waals surface area contributed by atoms with Crippen molar-refractivity contribution in [1.82, 2.24) is 0 Å². The second kappa shape index (κ2) is 7.34. The topological polar surface area (TPSA) is 29.5 Å². The van der Waals surface area contributed by atoms with Gasteiger partial charge in [-0.15, -0.1) is 0 Å². The van der Waals surface area contributed by atoms with Crippen molar-refractivity contribution in [3.8, 4) is 0 Å². The fraction of sp³-hybridized carbons (Fsp3) is 0.857. The quantitative estimate of drug-likeness (QED) is 0.550. The smallest absolute Gasteiger partial charge is 0.192 e. The van der Waals surface area contributed by atoms with E-state index in [9.17, 15) is 5.11 Å². The molecule has 1 unspecified atom stereocenters. The molecule has 2 nitrogen and oxygen atoms in total. The molecule has 0 heterocycles. The number of rotatable bonds is 7. The van der Waals surface area contributed by atoms with Gasteiger partial charge in [-0.3, -0.25) is 0 Å². The molecule has 0 saturated heterocycles. The Kier molecular flexibility index (Phi) is 7.29. The van der Waals surface area contributed by atoms with Crippen LogP contribution in [0.15, 0.2) is 12.2 Å². The molecule has 0 amide bonds. The van der Waals surface area contributed by atoms with Crippen molar-refractivity contribution in [2.75, 3.05) is 6.61 Å². The highest BCUT2D eigenvalue weighted by molar-refractivity contribution is 6.74. The summed E-state index contributed by atoms with van der Waals surface area (Å²) in [5.41, 5.74) is 0. The number of unbranched alkanes of at least 4 members (excludes halogenated alkanes) is 1. The number of hydrogen-bond donors (Lipinski definition) is 1. The average molecular weight is 258 g/mol. The fourth-order valence-corrected chi connectivity index (χ4v) is 2.14. The summed E-state index contributed by atoms with van der Waals surface area (Å²) >= 11 is 0. The standard InChI is InChI=1S/C14H30O2Si/c1-7-8-10-13(15)11-9-12-16-17(5,6)14(2,3)4/h9,11,13,15H,7-8,10,12H2,1-6H3/b11-9-. The maximum Gasteiger partial charge on any atom is 0.192 e. The molecule has 102 valence electrons. The van der Waals surface area contributed by atoms with E-state index in [0.29, 0.717) is 6.61 Å². The van der Waals surface area contributed by atoms with Crippen LogP contribution in [0, 0.1) is 0 Å². The highest BCUT2D eigenvalue weighted by Crippen LogP contribution is 2.36. The van der Waals surface area contributed by atoms with Gasteiger partial charge in [-0.25, -0.2) is 0 Å². The van der Waals surface area contributed by atoms with Crippen molar-refractivity contribution >= 4 is 8.32 Å². The predicted octanol–water partition coefficient (Wildman–Crippen LogP) is 4.12. The number of aliphatic hydroxyl groups is 1. The first-order valence-corrected chi connectivity index (χ1v) is 9.60. The number of aliphatic hydroxyl groups excluding tert-OH is 1. The van der Waals surface area contributed by atoms with Gasteiger partial charge in [-0.1, -0.05) is 52.7 Å². The second-order valence-electron chi connectivity index (χ2n) is 6.21. The fourth-order valence-electron chi connectivity index (χ4n) is 1.20. The predicted molar refractivity (Wildman–Crippen MR) is 77.8 cm³/mol. The Hall–Kier alpha value is -0.123. The van der Waals surface area contributed by atoms with Crippen LogP contribution in [0.25, 0.3) is 0 Å². The minimum Gasteiger partial charge on any atom is -0.413 e. The van der Waals surface area contributed by atoms with Crippen molar-refractivity contribution in [2.24, 2.45) is 0 Å². The van der Waals surface area contributed by atoms with E-state index in [1.165, 1.54) is 0 Å². The van der Waals surface area contributed by atoms with E-state index in [0.717, 1.165) is 19.3 Å². The van der Waals surface area contributed by atoms with E-state index < -0.39 is 8.32 Å². The largest absolute Gasteiger partial charge is 0.413 e. The van der Waals surface area contributed by atoms with Gasteiger partial charge in [-0.2, -0.15) is 0 Å². The Balaban J connectivity index is 3.94. The summed E-state index contributed by atoms with van der Waals surface area (Å²) in [6.45, 7) is 14.0. The van der Waals surface area contributed by atoms with Gasteiger partial charge < -0.3 is 9.53 Å². The lowest BCUT2D eigenvalue weighted by molar-refractivity contribution is 0.208. The van der Waals surface area contributed by atoms with Crippen LogP contribution in [0.5, 0.6) is 0 Å². The maximum absolute atomic E-state index is 9.64. The van der Waals surface area contributed by atoms with E-state index in [1.54, 1.807) is 0 Å². The van der Waals surface area contributed by atoms with Gasteiger partial charge in [0.1, 0.15) is 0 Å². The molecular formula is C14H30O2Si. The molecule has 0 aliphatic carbocycles. The second-order valence-corrected chi connectivity index (χ2v) is 11.0. The first-order valence-electron chi connectivity index (χ1n) is 6.69. The molecule has 17 heavy (non-hydrogen) atoms. The minimum atomic E-state index is -1.64. The van der Waals surface area contributed by atoms with Crippen molar-refractivity contribution < 1.29 is 9.53 Å². The molecular weight excluding hydrogens is 228 g/mol. The molecule has 0 fully saturated rings. The Bertz CT molecular complexity index is 229. The van der Waals surface area contributed by atoms with Crippen LogP contribution in [-0.2, 0) is 4.43 Å². The first kappa shape index (κ1) is 16.9. The van der Waals surface area contributed by atoms with Crippen LogP contribution in [0.4, 0.5) is 0 Å². The molecule has 0 aromatic carbocycles. The third kappa shape index (κ3) is 7.01. The van der Waals surface area contributed by atoms with E-state index in [2.05, 4.69) is 40.8 Å². The highest BCUT2D eigenvalue weighted by atomic mass is 28.4. The van der Waals surface area contributed by atoms with E-state index >= 15 is 0 Å². The van der Waals surface area contributed by atoms with Gasteiger partial charge in [0.25, 0.3) is 0 Å². The summed E-state index contributed by atoms with van der Waals surface area (Å²) < 4.78 is 5.99. The van der Waals surface area contributed by atoms with Gasteiger partial charge >= 0.3 is 0 Å². The van der Waals surface area contributed by atoms with E-state index in [1.807, 2.05) is 12.2 Å². The highest BCUT2D eigenvalue weighted by Gasteiger charge is 2.36. The lowest BCUT2D eigenvalue weighted by Crippen LogP contribution is -2.40. The van der Waals surface area contributed by atoms with Crippen LogP contribution >= 0.6 is 0 Å². The molecule has 0 aromatic rings. The van der Waals surface area contributed by atoms with Gasteiger partial charge in [0.2, 0.25) is 0 Å². The lowest BCUT2D eigenvalue weighted by Gasteiger charge is -2.35. The molecule has 3 heteroatoms. The zero-order valence-electron chi connectivity index (χ0n) is 12.4. The molecule has 1 N–H and O–H groups in total. The summed E-state index contributed by atoms with van der Waals surface area (Å²) in [4.78, 5) is 0. The summed E-state index contributed by atoms with van der Waals surface area (Å²) in [5, 5.41) is 9.89. The van der Waals surface area contributed by atoms with Gasteiger partial charge in [0.15, 0.2) is 8.32 Å². The molecule has 0 rings (SSSR count). The Labute approximate surface area is 108 Å². The molecule has 0 radical (unpaired) electrons. The monoisotopic (exact) mass is 258 g/mol. The van der Waals surface area contributed by atoms with Crippen molar-refractivity contribution in [3.05, 3.63) is 12.2 Å². The molecule has 0 spiro atoms. The van der Waals surface area contributed by atoms with Crippen molar-refractivity contribution in [3.63, 3.8) is 0 Å². The van der Waals surface area contributed by atoms with Gasteiger partial charge in [0.05, 0.1) is 12.7 Å². The van der Waals surface area contributed by atoms with Crippen LogP contribution in [0.1, 0.15) is 47.0 Å². The van der Waals surface area contributed by atoms with Crippen LogP contribution in [-0.4, -0.2) is 26.1 Å². The molecule has 0 aliphatic heterocycles. The third-order valence-corrected chi connectivity index (χ3v) is 8.06. The zero-order valence-corrected chi connectivity index (χ0v) is 13.4. The summed E-state index contributed by atoms with van der Waals surface area (Å²) in [5.74, 6) is 0. The minimum absolute atomic E-state index is 0.252. The van der Waals surface area contributed by atoms with E-state index in [-0.39, 0.29) is 11.1 Å². The first-order chi connectivity index (χ1) is 7.70. The zero-order chi connectivity index (χ0) is 13.5. The Morgan fingerprint density at radius 2 is 1.88 bits per heavy atom. The SMILES string of the molecule is CCCCC(O)/C=C\CO[Si](C)(C)C(C)(C)C. The Morgan fingerprint density at radius 1 is 1.29 bits per heavy atom. The molecule has 0 aromatic heterocycles. The van der Waals surface area contributed by atoms with Crippen LogP contribution < -0.4 is 0 Å². The van der Waals surface area contributed by atoms with Crippen LogP contribution in [0.3, 0.4) is 0 Å². The molecule has 0 aliphatic rings.